The van der Waals surface area contributed by atoms with E-state index in [-0.39, 0.29) is 6.04 Å². The summed E-state index contributed by atoms with van der Waals surface area (Å²) in [6, 6.07) is 10.6. The fourth-order valence-corrected chi connectivity index (χ4v) is 3.94. The molecule has 20 heavy (non-hydrogen) atoms. The molecule has 2 aliphatic carbocycles. The maximum Gasteiger partial charge on any atom is 0.0818 e. The average molecular weight is 274 g/mol. The van der Waals surface area contributed by atoms with Crippen molar-refractivity contribution in [3.63, 3.8) is 0 Å². The molecule has 0 aliphatic heterocycles. The van der Waals surface area contributed by atoms with Crippen LogP contribution in [0.5, 0.6) is 0 Å². The molecule has 2 aliphatic rings. The van der Waals surface area contributed by atoms with Crippen LogP contribution in [0.15, 0.2) is 30.3 Å². The maximum absolute atomic E-state index is 10.2. The van der Waals surface area contributed by atoms with Crippen molar-refractivity contribution in [2.45, 2.75) is 50.3 Å². The van der Waals surface area contributed by atoms with E-state index in [2.05, 4.69) is 17.4 Å². The molecule has 2 bridgehead atoms. The van der Waals surface area contributed by atoms with E-state index >= 15 is 0 Å². The average Bonchev–Trinajstić information content (AvgIpc) is 3.08. The van der Waals surface area contributed by atoms with Gasteiger partial charge in [0.1, 0.15) is 0 Å². The van der Waals surface area contributed by atoms with E-state index in [0.29, 0.717) is 12.6 Å². The second-order valence-electron chi connectivity index (χ2n) is 6.61. The highest BCUT2D eigenvalue weighted by molar-refractivity contribution is 5.16. The minimum absolute atomic E-state index is 0.191. The Morgan fingerprint density at radius 2 is 2.00 bits per heavy atom. The molecular weight excluding hydrogens is 248 g/mol. The summed E-state index contributed by atoms with van der Waals surface area (Å²) in [4.78, 5) is 0. The van der Waals surface area contributed by atoms with Crippen molar-refractivity contribution < 1.29 is 5.11 Å². The Balaban J connectivity index is 1.43. The summed E-state index contributed by atoms with van der Waals surface area (Å²) in [7, 11) is 0. The van der Waals surface area contributed by atoms with Gasteiger partial charge < -0.3 is 16.2 Å². The van der Waals surface area contributed by atoms with Crippen molar-refractivity contribution in [1.82, 2.24) is 5.32 Å². The smallest absolute Gasteiger partial charge is 0.0818 e. The molecule has 3 heteroatoms. The molecule has 0 aromatic heterocycles. The van der Waals surface area contributed by atoms with Crippen LogP contribution in [0.25, 0.3) is 0 Å². The van der Waals surface area contributed by atoms with Crippen molar-refractivity contribution in [2.75, 3.05) is 6.54 Å². The Morgan fingerprint density at radius 3 is 2.65 bits per heavy atom. The third-order valence-electron chi connectivity index (χ3n) is 5.14. The van der Waals surface area contributed by atoms with Gasteiger partial charge in [0.25, 0.3) is 0 Å². The number of rotatable bonds is 6. The molecule has 3 rings (SSSR count). The van der Waals surface area contributed by atoms with E-state index in [4.69, 9.17) is 5.73 Å². The molecular formula is C17H26N2O. The van der Waals surface area contributed by atoms with Gasteiger partial charge >= 0.3 is 0 Å². The van der Waals surface area contributed by atoms with E-state index in [9.17, 15) is 5.11 Å². The molecule has 110 valence electrons. The minimum Gasteiger partial charge on any atom is -0.390 e. The first kappa shape index (κ1) is 14.1. The van der Waals surface area contributed by atoms with E-state index in [1.165, 1.54) is 31.2 Å². The molecule has 3 nitrogen and oxygen atoms in total. The van der Waals surface area contributed by atoms with E-state index in [1.54, 1.807) is 0 Å². The molecule has 0 spiro atoms. The predicted molar refractivity (Wildman–Crippen MR) is 81.4 cm³/mol. The van der Waals surface area contributed by atoms with Crippen LogP contribution in [0.2, 0.25) is 0 Å². The topological polar surface area (TPSA) is 58.3 Å². The van der Waals surface area contributed by atoms with Gasteiger partial charge in [-0.15, -0.1) is 0 Å². The van der Waals surface area contributed by atoms with Crippen LogP contribution in [0.3, 0.4) is 0 Å². The summed E-state index contributed by atoms with van der Waals surface area (Å²) in [5.41, 5.74) is 7.31. The van der Waals surface area contributed by atoms with E-state index in [1.807, 2.05) is 18.2 Å². The number of hydrogen-bond donors (Lipinski definition) is 3. The number of nitrogens with one attached hydrogen (secondary N) is 1. The lowest BCUT2D eigenvalue weighted by Gasteiger charge is -2.26. The lowest BCUT2D eigenvalue weighted by atomic mass is 9.95. The lowest BCUT2D eigenvalue weighted by molar-refractivity contribution is 0.133. The highest BCUT2D eigenvalue weighted by Crippen LogP contribution is 2.44. The molecule has 2 saturated carbocycles. The number of aliphatic hydroxyl groups excluding tert-OH is 1. The highest BCUT2D eigenvalue weighted by atomic mass is 16.3. The lowest BCUT2D eigenvalue weighted by Crippen LogP contribution is -2.46. The third kappa shape index (κ3) is 3.22. The standard InChI is InChI=1S/C17H26N2O/c18-15(9-12-4-2-1-3-5-12)17(20)11-19-16-10-13-6-7-14(16)8-13/h1-5,13-17,19-20H,6-11,18H2/t13-,14+,15+,16?,17-/m1/s1. The van der Waals surface area contributed by atoms with Gasteiger partial charge in [0.05, 0.1) is 6.10 Å². The quantitative estimate of drug-likeness (QED) is 0.740. The van der Waals surface area contributed by atoms with Gasteiger partial charge in [0.2, 0.25) is 0 Å². The molecule has 0 amide bonds. The molecule has 0 saturated heterocycles. The molecule has 1 aromatic rings. The zero-order valence-electron chi connectivity index (χ0n) is 12.0. The first-order chi connectivity index (χ1) is 9.72. The highest BCUT2D eigenvalue weighted by Gasteiger charge is 2.39. The summed E-state index contributed by atoms with van der Waals surface area (Å²) in [6.45, 7) is 0.627. The van der Waals surface area contributed by atoms with Gasteiger partial charge in [0, 0.05) is 18.6 Å². The summed E-state index contributed by atoms with van der Waals surface area (Å²) >= 11 is 0. The summed E-state index contributed by atoms with van der Waals surface area (Å²) in [5.74, 6) is 1.78. The molecule has 1 aromatic carbocycles. The van der Waals surface area contributed by atoms with Crippen LogP contribution in [-0.4, -0.2) is 29.8 Å². The Hall–Kier alpha value is -0.900. The number of fused-ring (bicyclic) bond motifs is 2. The number of hydrogen-bond acceptors (Lipinski definition) is 3. The molecule has 2 fully saturated rings. The van der Waals surface area contributed by atoms with E-state index in [0.717, 1.165) is 18.3 Å². The first-order valence-electron chi connectivity index (χ1n) is 7.93. The van der Waals surface area contributed by atoms with Gasteiger partial charge in [-0.05, 0) is 43.1 Å². The summed E-state index contributed by atoms with van der Waals surface area (Å²) in [6.07, 6.45) is 5.75. The fraction of sp³-hybridized carbons (Fsp3) is 0.647. The van der Waals surface area contributed by atoms with Gasteiger partial charge in [-0.2, -0.15) is 0 Å². The van der Waals surface area contributed by atoms with Crippen LogP contribution in [0.4, 0.5) is 0 Å². The Morgan fingerprint density at radius 1 is 1.20 bits per heavy atom. The molecule has 0 heterocycles. The second-order valence-corrected chi connectivity index (χ2v) is 6.61. The fourth-order valence-electron chi connectivity index (χ4n) is 3.94. The van der Waals surface area contributed by atoms with Gasteiger partial charge in [-0.3, -0.25) is 0 Å². The van der Waals surface area contributed by atoms with Crippen molar-refractivity contribution in [3.8, 4) is 0 Å². The monoisotopic (exact) mass is 274 g/mol. The third-order valence-corrected chi connectivity index (χ3v) is 5.14. The predicted octanol–water partition coefficient (Wildman–Crippen LogP) is 1.70. The molecule has 5 atom stereocenters. The molecule has 1 unspecified atom stereocenters. The Bertz CT molecular complexity index is 422. The van der Waals surface area contributed by atoms with Crippen LogP contribution in [0.1, 0.15) is 31.2 Å². The van der Waals surface area contributed by atoms with Crippen molar-refractivity contribution in [3.05, 3.63) is 35.9 Å². The van der Waals surface area contributed by atoms with Crippen molar-refractivity contribution in [2.24, 2.45) is 17.6 Å². The first-order valence-corrected chi connectivity index (χ1v) is 7.93. The summed E-state index contributed by atoms with van der Waals surface area (Å²) < 4.78 is 0. The molecule has 0 radical (unpaired) electrons. The minimum atomic E-state index is -0.464. The number of nitrogens with two attached hydrogens (primary N) is 1. The van der Waals surface area contributed by atoms with Crippen LogP contribution < -0.4 is 11.1 Å². The van der Waals surface area contributed by atoms with Crippen LogP contribution in [-0.2, 0) is 6.42 Å². The largest absolute Gasteiger partial charge is 0.390 e. The number of benzene rings is 1. The Kier molecular flexibility index (Phi) is 4.39. The van der Waals surface area contributed by atoms with Crippen molar-refractivity contribution in [1.29, 1.82) is 0 Å². The zero-order valence-corrected chi connectivity index (χ0v) is 12.0. The summed E-state index contributed by atoms with van der Waals surface area (Å²) in [5, 5.41) is 13.8. The van der Waals surface area contributed by atoms with Gasteiger partial charge in [-0.1, -0.05) is 36.8 Å². The SMILES string of the molecule is N[C@@H](Cc1ccccc1)[C@H](O)CNC1C[C@@H]2CC[C@H]1C2. The second kappa shape index (κ2) is 6.25. The van der Waals surface area contributed by atoms with Gasteiger partial charge in [-0.25, -0.2) is 0 Å². The van der Waals surface area contributed by atoms with Crippen LogP contribution >= 0.6 is 0 Å². The molecule has 4 N–H and O–H groups in total. The zero-order chi connectivity index (χ0) is 13.9. The van der Waals surface area contributed by atoms with Crippen molar-refractivity contribution >= 4 is 0 Å². The normalized spacial score (nSPS) is 31.4. The maximum atomic E-state index is 10.2. The van der Waals surface area contributed by atoms with E-state index < -0.39 is 6.10 Å². The number of aliphatic hydroxyl groups is 1. The Labute approximate surface area is 121 Å². The van der Waals surface area contributed by atoms with Crippen LogP contribution in [0, 0.1) is 11.8 Å². The van der Waals surface area contributed by atoms with Gasteiger partial charge in [0.15, 0.2) is 0 Å².